The topological polar surface area (TPSA) is 44.5 Å². The van der Waals surface area contributed by atoms with E-state index < -0.39 is 5.82 Å². The van der Waals surface area contributed by atoms with Crippen LogP contribution in [-0.2, 0) is 4.74 Å². The molecule has 0 spiro atoms. The summed E-state index contributed by atoms with van der Waals surface area (Å²) >= 11 is 5.58. The van der Waals surface area contributed by atoms with E-state index in [2.05, 4.69) is 0 Å². The number of rotatable bonds is 3. The third-order valence-electron chi connectivity index (χ3n) is 2.55. The molecule has 1 aliphatic rings. The van der Waals surface area contributed by atoms with E-state index in [-0.39, 0.29) is 5.02 Å². The molecule has 1 atom stereocenters. The van der Waals surface area contributed by atoms with Crippen molar-refractivity contribution >= 4 is 17.3 Å². The third-order valence-corrected chi connectivity index (χ3v) is 2.84. The van der Waals surface area contributed by atoms with Crippen molar-refractivity contribution in [3.8, 4) is 5.75 Å². The van der Waals surface area contributed by atoms with Crippen LogP contribution in [0, 0.1) is 11.7 Å². The summed E-state index contributed by atoms with van der Waals surface area (Å²) in [5.41, 5.74) is 6.02. The van der Waals surface area contributed by atoms with Crippen LogP contribution < -0.4 is 10.5 Å². The first-order valence-electron chi connectivity index (χ1n) is 5.12. The highest BCUT2D eigenvalue weighted by Crippen LogP contribution is 2.28. The Labute approximate surface area is 98.3 Å². The first kappa shape index (κ1) is 11.5. The number of hydrogen-bond acceptors (Lipinski definition) is 3. The first-order valence-corrected chi connectivity index (χ1v) is 5.49. The Hall–Kier alpha value is -1.00. The van der Waals surface area contributed by atoms with Crippen LogP contribution >= 0.6 is 11.6 Å². The molecule has 2 N–H and O–H groups in total. The lowest BCUT2D eigenvalue weighted by molar-refractivity contribution is 0.167. The Balaban J connectivity index is 2.00. The van der Waals surface area contributed by atoms with Crippen LogP contribution in [0.15, 0.2) is 12.1 Å². The van der Waals surface area contributed by atoms with Gasteiger partial charge >= 0.3 is 0 Å². The zero-order valence-corrected chi connectivity index (χ0v) is 9.47. The fourth-order valence-corrected chi connectivity index (χ4v) is 1.76. The predicted molar refractivity (Wildman–Crippen MR) is 60.2 cm³/mol. The molecule has 0 radical (unpaired) electrons. The van der Waals surface area contributed by atoms with Crippen LogP contribution in [0.3, 0.4) is 0 Å². The Morgan fingerprint density at radius 2 is 2.38 bits per heavy atom. The third kappa shape index (κ3) is 2.57. The van der Waals surface area contributed by atoms with Crippen LogP contribution in [0.25, 0.3) is 0 Å². The largest absolute Gasteiger partial charge is 0.491 e. The van der Waals surface area contributed by atoms with Crippen molar-refractivity contribution in [2.45, 2.75) is 6.42 Å². The van der Waals surface area contributed by atoms with E-state index in [1.807, 2.05) is 0 Å². The summed E-state index contributed by atoms with van der Waals surface area (Å²) in [4.78, 5) is 0. The number of benzene rings is 1. The summed E-state index contributed by atoms with van der Waals surface area (Å²) < 4.78 is 23.8. The molecule has 1 heterocycles. The molecule has 0 amide bonds. The number of nitrogens with two attached hydrogens (primary N) is 1. The van der Waals surface area contributed by atoms with Crippen LogP contribution in [-0.4, -0.2) is 19.8 Å². The van der Waals surface area contributed by atoms with Crippen molar-refractivity contribution in [3.05, 3.63) is 23.0 Å². The Morgan fingerprint density at radius 3 is 3.06 bits per heavy atom. The lowest BCUT2D eigenvalue weighted by Crippen LogP contribution is -2.12. The molecule has 5 heteroatoms. The van der Waals surface area contributed by atoms with Crippen LogP contribution in [0.2, 0.25) is 5.02 Å². The summed E-state index contributed by atoms with van der Waals surface area (Å²) in [6.07, 6.45) is 0.968. The zero-order chi connectivity index (χ0) is 11.5. The van der Waals surface area contributed by atoms with Crippen LogP contribution in [0.1, 0.15) is 6.42 Å². The molecule has 1 aromatic rings. The standard InChI is InChI=1S/C11H13ClFNO2/c12-8-3-10(14)11(4-9(8)13)16-6-7-1-2-15-5-7/h3-4,7H,1-2,5-6,14H2. The van der Waals surface area contributed by atoms with Gasteiger partial charge in [-0.2, -0.15) is 0 Å². The molecule has 1 saturated heterocycles. The maximum Gasteiger partial charge on any atom is 0.145 e. The second-order valence-electron chi connectivity index (χ2n) is 3.84. The van der Waals surface area contributed by atoms with Gasteiger partial charge in [0.15, 0.2) is 0 Å². The molecule has 2 rings (SSSR count). The van der Waals surface area contributed by atoms with Crippen molar-refractivity contribution in [1.82, 2.24) is 0 Å². The monoisotopic (exact) mass is 245 g/mol. The van der Waals surface area contributed by atoms with E-state index in [1.165, 1.54) is 12.1 Å². The van der Waals surface area contributed by atoms with E-state index in [0.717, 1.165) is 13.0 Å². The van der Waals surface area contributed by atoms with Gasteiger partial charge in [-0.05, 0) is 12.5 Å². The van der Waals surface area contributed by atoms with Crippen molar-refractivity contribution in [1.29, 1.82) is 0 Å². The molecule has 16 heavy (non-hydrogen) atoms. The molecule has 88 valence electrons. The second-order valence-corrected chi connectivity index (χ2v) is 4.25. The summed E-state index contributed by atoms with van der Waals surface area (Å²) in [5.74, 6) is 0.181. The number of halogens is 2. The minimum absolute atomic E-state index is 0.00838. The maximum atomic E-state index is 13.2. The molecule has 3 nitrogen and oxygen atoms in total. The second kappa shape index (κ2) is 4.89. The minimum atomic E-state index is -0.520. The van der Waals surface area contributed by atoms with Gasteiger partial charge in [0.1, 0.15) is 11.6 Å². The maximum absolute atomic E-state index is 13.2. The van der Waals surface area contributed by atoms with E-state index in [9.17, 15) is 4.39 Å². The molecule has 0 aromatic heterocycles. The highest BCUT2D eigenvalue weighted by Gasteiger charge is 2.17. The Kier molecular flexibility index (Phi) is 3.51. The molecule has 1 unspecified atom stereocenters. The lowest BCUT2D eigenvalue weighted by Gasteiger charge is -2.12. The van der Waals surface area contributed by atoms with Gasteiger partial charge in [-0.15, -0.1) is 0 Å². The summed E-state index contributed by atoms with van der Waals surface area (Å²) in [6.45, 7) is 1.94. The fraction of sp³-hybridized carbons (Fsp3) is 0.455. The molecular formula is C11H13ClFNO2. The van der Waals surface area contributed by atoms with Gasteiger partial charge in [0, 0.05) is 18.6 Å². The average Bonchev–Trinajstić information content (AvgIpc) is 2.74. The van der Waals surface area contributed by atoms with Gasteiger partial charge in [0.2, 0.25) is 0 Å². The van der Waals surface area contributed by atoms with Crippen molar-refractivity contribution in [3.63, 3.8) is 0 Å². The highest BCUT2D eigenvalue weighted by atomic mass is 35.5. The smallest absolute Gasteiger partial charge is 0.145 e. The van der Waals surface area contributed by atoms with Gasteiger partial charge in [-0.25, -0.2) is 4.39 Å². The van der Waals surface area contributed by atoms with E-state index >= 15 is 0 Å². The SMILES string of the molecule is Nc1cc(Cl)c(F)cc1OCC1CCOC1. The number of nitrogen functional groups attached to an aromatic ring is 1. The Bertz CT molecular complexity index is 380. The predicted octanol–water partition coefficient (Wildman–Crippen LogP) is 2.48. The normalized spacial score (nSPS) is 20.0. The van der Waals surface area contributed by atoms with Gasteiger partial charge in [-0.1, -0.05) is 11.6 Å². The molecule has 1 aromatic carbocycles. The quantitative estimate of drug-likeness (QED) is 0.832. The van der Waals surface area contributed by atoms with Crippen molar-refractivity contribution in [2.24, 2.45) is 5.92 Å². The van der Waals surface area contributed by atoms with E-state index in [4.69, 9.17) is 26.8 Å². The van der Waals surface area contributed by atoms with Crippen molar-refractivity contribution in [2.75, 3.05) is 25.6 Å². The van der Waals surface area contributed by atoms with Gasteiger partial charge in [-0.3, -0.25) is 0 Å². The average molecular weight is 246 g/mol. The van der Waals surface area contributed by atoms with Crippen molar-refractivity contribution < 1.29 is 13.9 Å². The molecule has 0 bridgehead atoms. The fourth-order valence-electron chi connectivity index (χ4n) is 1.59. The molecular weight excluding hydrogens is 233 g/mol. The van der Waals surface area contributed by atoms with Gasteiger partial charge < -0.3 is 15.2 Å². The molecule has 1 aliphatic heterocycles. The summed E-state index contributed by atoms with van der Waals surface area (Å²) in [6, 6.07) is 2.57. The van der Waals surface area contributed by atoms with E-state index in [0.29, 0.717) is 30.6 Å². The van der Waals surface area contributed by atoms with Gasteiger partial charge in [0.25, 0.3) is 0 Å². The Morgan fingerprint density at radius 1 is 1.56 bits per heavy atom. The van der Waals surface area contributed by atoms with Crippen LogP contribution in [0.5, 0.6) is 5.75 Å². The number of hydrogen-bond donors (Lipinski definition) is 1. The van der Waals surface area contributed by atoms with E-state index in [1.54, 1.807) is 0 Å². The molecule has 1 fully saturated rings. The summed E-state index contributed by atoms with van der Waals surface area (Å²) in [7, 11) is 0. The van der Waals surface area contributed by atoms with Gasteiger partial charge in [0.05, 0.1) is 23.9 Å². The first-order chi connectivity index (χ1) is 7.66. The number of ether oxygens (including phenoxy) is 2. The summed E-state index contributed by atoms with van der Waals surface area (Å²) in [5, 5.41) is 0.00838. The lowest BCUT2D eigenvalue weighted by atomic mass is 10.1. The number of anilines is 1. The zero-order valence-electron chi connectivity index (χ0n) is 8.71. The van der Waals surface area contributed by atoms with Crippen LogP contribution in [0.4, 0.5) is 10.1 Å². The molecule has 0 saturated carbocycles. The minimum Gasteiger partial charge on any atom is -0.491 e. The highest BCUT2D eigenvalue weighted by molar-refractivity contribution is 6.31. The molecule has 0 aliphatic carbocycles.